The molecule has 1 atom stereocenters. The lowest BCUT2D eigenvalue weighted by Gasteiger charge is -2.39. The maximum atomic E-state index is 12.7. The van der Waals surface area contributed by atoms with E-state index in [4.69, 9.17) is 10.5 Å². The monoisotopic (exact) mass is 319 g/mol. The number of hydrogen-bond acceptors (Lipinski definition) is 4. The van der Waals surface area contributed by atoms with E-state index in [0.717, 1.165) is 5.56 Å². The summed E-state index contributed by atoms with van der Waals surface area (Å²) >= 11 is 0. The van der Waals surface area contributed by atoms with Gasteiger partial charge in [-0.3, -0.25) is 14.4 Å². The summed E-state index contributed by atoms with van der Waals surface area (Å²) in [7, 11) is 1.54. The van der Waals surface area contributed by atoms with Gasteiger partial charge in [-0.25, -0.2) is 0 Å². The molecule has 0 aromatic heterocycles. The van der Waals surface area contributed by atoms with Crippen LogP contribution in [0.4, 0.5) is 0 Å². The zero-order valence-corrected chi connectivity index (χ0v) is 13.1. The lowest BCUT2D eigenvalue weighted by atomic mass is 10.0. The van der Waals surface area contributed by atoms with Gasteiger partial charge in [-0.05, 0) is 5.56 Å². The molecule has 124 valence electrons. The number of carbonyl (C=O) groups excluding carboxylic acids is 3. The van der Waals surface area contributed by atoms with Gasteiger partial charge in [-0.15, -0.1) is 0 Å². The summed E-state index contributed by atoms with van der Waals surface area (Å²) < 4.78 is 4.98. The first kappa shape index (κ1) is 17.0. The van der Waals surface area contributed by atoms with Crippen molar-refractivity contribution in [2.24, 2.45) is 5.73 Å². The molecule has 1 aromatic rings. The number of nitrogens with zero attached hydrogens (tertiary/aromatic N) is 2. The molecule has 2 N–H and O–H groups in total. The van der Waals surface area contributed by atoms with Crippen molar-refractivity contribution in [1.82, 2.24) is 9.80 Å². The quantitative estimate of drug-likeness (QED) is 0.726. The summed E-state index contributed by atoms with van der Waals surface area (Å²) in [6.07, 6.45) is 0.349. The van der Waals surface area contributed by atoms with Crippen molar-refractivity contribution in [3.8, 4) is 0 Å². The highest BCUT2D eigenvalue weighted by molar-refractivity contribution is 5.97. The van der Waals surface area contributed by atoms with Crippen molar-refractivity contribution in [2.75, 3.05) is 33.4 Å². The maximum absolute atomic E-state index is 12.7. The Hall–Kier alpha value is -2.41. The largest absolute Gasteiger partial charge is 0.383 e. The molecule has 1 saturated heterocycles. The normalized spacial score (nSPS) is 18.4. The molecule has 2 rings (SSSR count). The zero-order valence-electron chi connectivity index (χ0n) is 13.1. The molecule has 1 aliphatic heterocycles. The van der Waals surface area contributed by atoms with Gasteiger partial charge in [0.2, 0.25) is 17.7 Å². The van der Waals surface area contributed by atoms with Crippen LogP contribution in [0.1, 0.15) is 5.56 Å². The van der Waals surface area contributed by atoms with Gasteiger partial charge in [-0.1, -0.05) is 30.3 Å². The summed E-state index contributed by atoms with van der Waals surface area (Å²) in [5, 5.41) is 0. The van der Waals surface area contributed by atoms with Crippen LogP contribution in [0.25, 0.3) is 0 Å². The molecular weight excluding hydrogens is 298 g/mol. The van der Waals surface area contributed by atoms with Crippen LogP contribution >= 0.6 is 0 Å². The molecule has 1 aromatic carbocycles. The summed E-state index contributed by atoms with van der Waals surface area (Å²) in [5.41, 5.74) is 6.14. The van der Waals surface area contributed by atoms with Crippen molar-refractivity contribution in [1.29, 1.82) is 0 Å². The third-order valence-electron chi connectivity index (χ3n) is 3.78. The molecule has 1 aliphatic rings. The fourth-order valence-corrected chi connectivity index (χ4v) is 2.64. The summed E-state index contributed by atoms with van der Waals surface area (Å²) in [4.78, 5) is 39.0. The van der Waals surface area contributed by atoms with Gasteiger partial charge < -0.3 is 20.3 Å². The fraction of sp³-hybridized carbons (Fsp3) is 0.438. The summed E-state index contributed by atoms with van der Waals surface area (Å²) in [5.74, 6) is -1.10. The summed E-state index contributed by atoms with van der Waals surface area (Å²) in [6, 6.07) is 8.66. The zero-order chi connectivity index (χ0) is 16.8. The minimum Gasteiger partial charge on any atom is -0.383 e. The second kappa shape index (κ2) is 7.73. The van der Waals surface area contributed by atoms with Crippen LogP contribution in [0.3, 0.4) is 0 Å². The SMILES string of the molecule is COCCN1CC(=O)N(CC(N)=O)[C@H](Cc2ccccc2)C1=O. The standard InChI is InChI=1S/C16H21N3O4/c1-23-8-7-18-11-15(21)19(10-14(17)20)13(16(18)22)9-12-5-3-2-4-6-12/h2-6,13H,7-11H2,1H3,(H2,17,20)/t13-/m1/s1. The van der Waals surface area contributed by atoms with E-state index in [1.54, 1.807) is 0 Å². The van der Waals surface area contributed by atoms with Crippen LogP contribution in [0.5, 0.6) is 0 Å². The predicted molar refractivity (Wildman–Crippen MR) is 83.3 cm³/mol. The van der Waals surface area contributed by atoms with E-state index in [1.807, 2.05) is 30.3 Å². The van der Waals surface area contributed by atoms with Gasteiger partial charge in [0, 0.05) is 20.1 Å². The van der Waals surface area contributed by atoms with E-state index in [1.165, 1.54) is 16.9 Å². The first-order chi connectivity index (χ1) is 11.0. The van der Waals surface area contributed by atoms with E-state index in [9.17, 15) is 14.4 Å². The third kappa shape index (κ3) is 4.29. The first-order valence-electron chi connectivity index (χ1n) is 7.42. The lowest BCUT2D eigenvalue weighted by molar-refractivity contribution is -0.157. The highest BCUT2D eigenvalue weighted by Gasteiger charge is 2.39. The Morgan fingerprint density at radius 2 is 2.00 bits per heavy atom. The van der Waals surface area contributed by atoms with Gasteiger partial charge in [0.05, 0.1) is 13.2 Å². The van der Waals surface area contributed by atoms with Gasteiger partial charge >= 0.3 is 0 Å². The van der Waals surface area contributed by atoms with Crippen molar-refractivity contribution >= 4 is 17.7 Å². The molecule has 0 radical (unpaired) electrons. The number of rotatable bonds is 7. The number of benzene rings is 1. The third-order valence-corrected chi connectivity index (χ3v) is 3.78. The van der Waals surface area contributed by atoms with Crippen molar-refractivity contribution in [3.63, 3.8) is 0 Å². The Labute approximate surface area is 135 Å². The molecule has 0 spiro atoms. The minimum atomic E-state index is -0.719. The average molecular weight is 319 g/mol. The molecule has 1 fully saturated rings. The second-order valence-corrected chi connectivity index (χ2v) is 5.45. The Balaban J connectivity index is 2.22. The van der Waals surface area contributed by atoms with Crippen molar-refractivity contribution < 1.29 is 19.1 Å². The molecule has 0 saturated carbocycles. The average Bonchev–Trinajstić information content (AvgIpc) is 2.53. The first-order valence-corrected chi connectivity index (χ1v) is 7.42. The van der Waals surface area contributed by atoms with Crippen LogP contribution < -0.4 is 5.73 Å². The van der Waals surface area contributed by atoms with Crippen molar-refractivity contribution in [2.45, 2.75) is 12.5 Å². The Bertz CT molecular complexity index is 576. The maximum Gasteiger partial charge on any atom is 0.246 e. The lowest BCUT2D eigenvalue weighted by Crippen LogP contribution is -2.62. The fourth-order valence-electron chi connectivity index (χ4n) is 2.64. The van der Waals surface area contributed by atoms with Crippen LogP contribution in [0.2, 0.25) is 0 Å². The number of nitrogens with two attached hydrogens (primary N) is 1. The van der Waals surface area contributed by atoms with Gasteiger partial charge in [-0.2, -0.15) is 0 Å². The molecule has 7 nitrogen and oxygen atoms in total. The second-order valence-electron chi connectivity index (χ2n) is 5.45. The number of hydrogen-bond donors (Lipinski definition) is 1. The molecule has 7 heteroatoms. The number of primary amides is 1. The molecule has 1 heterocycles. The van der Waals surface area contributed by atoms with Gasteiger partial charge in [0.1, 0.15) is 12.6 Å². The van der Waals surface area contributed by atoms with Crippen LogP contribution in [-0.4, -0.2) is 66.9 Å². The van der Waals surface area contributed by atoms with Crippen LogP contribution in [-0.2, 0) is 25.5 Å². The van der Waals surface area contributed by atoms with Crippen LogP contribution in [0.15, 0.2) is 30.3 Å². The van der Waals surface area contributed by atoms with E-state index < -0.39 is 11.9 Å². The number of methoxy groups -OCH3 is 1. The molecular formula is C16H21N3O4. The summed E-state index contributed by atoms with van der Waals surface area (Å²) in [6.45, 7) is 0.393. The van der Waals surface area contributed by atoms with E-state index >= 15 is 0 Å². The van der Waals surface area contributed by atoms with E-state index in [0.29, 0.717) is 19.6 Å². The van der Waals surface area contributed by atoms with Gasteiger partial charge in [0.15, 0.2) is 0 Å². The Kier molecular flexibility index (Phi) is 5.70. The molecule has 0 aliphatic carbocycles. The van der Waals surface area contributed by atoms with Gasteiger partial charge in [0.25, 0.3) is 0 Å². The number of carbonyl (C=O) groups is 3. The number of amides is 3. The van der Waals surface area contributed by atoms with E-state index in [2.05, 4.69) is 0 Å². The Morgan fingerprint density at radius 1 is 1.30 bits per heavy atom. The van der Waals surface area contributed by atoms with Crippen molar-refractivity contribution in [3.05, 3.63) is 35.9 Å². The molecule has 3 amide bonds. The smallest absolute Gasteiger partial charge is 0.246 e. The number of ether oxygens (including phenoxy) is 1. The molecule has 0 unspecified atom stereocenters. The highest BCUT2D eigenvalue weighted by atomic mass is 16.5. The number of piperazine rings is 1. The minimum absolute atomic E-state index is 0.0548. The topological polar surface area (TPSA) is 92.9 Å². The van der Waals surface area contributed by atoms with Crippen LogP contribution in [0, 0.1) is 0 Å². The Morgan fingerprint density at radius 3 is 2.61 bits per heavy atom. The highest BCUT2D eigenvalue weighted by Crippen LogP contribution is 2.17. The predicted octanol–water partition coefficient (Wildman–Crippen LogP) is -0.600. The van der Waals surface area contributed by atoms with E-state index in [-0.39, 0.29) is 24.9 Å². The molecule has 0 bridgehead atoms. The molecule has 23 heavy (non-hydrogen) atoms.